The SMILES string of the molecule is OCCOCCCNC1CCSc2ccccc21. The van der Waals surface area contributed by atoms with Gasteiger partial charge in [-0.05, 0) is 36.8 Å². The Bertz CT molecular complexity index is 359. The number of aliphatic hydroxyl groups is 1. The summed E-state index contributed by atoms with van der Waals surface area (Å²) in [7, 11) is 0. The first-order chi connectivity index (χ1) is 8.92. The average molecular weight is 267 g/mol. The molecule has 0 fully saturated rings. The van der Waals surface area contributed by atoms with E-state index in [2.05, 4.69) is 29.6 Å². The van der Waals surface area contributed by atoms with Gasteiger partial charge in [0.1, 0.15) is 0 Å². The van der Waals surface area contributed by atoms with Crippen molar-refractivity contribution in [1.82, 2.24) is 5.32 Å². The van der Waals surface area contributed by atoms with Crippen molar-refractivity contribution in [3.63, 3.8) is 0 Å². The highest BCUT2D eigenvalue weighted by atomic mass is 32.2. The predicted molar refractivity (Wildman–Crippen MR) is 75.0 cm³/mol. The third-order valence-electron chi connectivity index (χ3n) is 3.05. The molecule has 0 aromatic heterocycles. The summed E-state index contributed by atoms with van der Waals surface area (Å²) < 4.78 is 5.25. The molecular formula is C14H21NO2S. The molecule has 0 amide bonds. The molecular weight excluding hydrogens is 246 g/mol. The Morgan fingerprint density at radius 2 is 2.22 bits per heavy atom. The lowest BCUT2D eigenvalue weighted by atomic mass is 10.0. The zero-order valence-corrected chi connectivity index (χ0v) is 11.4. The number of rotatable bonds is 7. The van der Waals surface area contributed by atoms with E-state index in [1.165, 1.54) is 22.6 Å². The van der Waals surface area contributed by atoms with Crippen LogP contribution in [0.25, 0.3) is 0 Å². The van der Waals surface area contributed by atoms with Crippen molar-refractivity contribution in [2.75, 3.05) is 32.1 Å². The predicted octanol–water partition coefficient (Wildman–Crippen LogP) is 2.21. The van der Waals surface area contributed by atoms with Gasteiger partial charge in [0, 0.05) is 17.5 Å². The van der Waals surface area contributed by atoms with Crippen molar-refractivity contribution in [2.24, 2.45) is 0 Å². The number of ether oxygens (including phenoxy) is 1. The van der Waals surface area contributed by atoms with Gasteiger partial charge in [-0.3, -0.25) is 0 Å². The summed E-state index contributed by atoms with van der Waals surface area (Å²) in [5.74, 6) is 1.19. The Labute approximate surface area is 113 Å². The quantitative estimate of drug-likeness (QED) is 0.743. The van der Waals surface area contributed by atoms with E-state index in [0.717, 1.165) is 19.6 Å². The second-order valence-electron chi connectivity index (χ2n) is 4.37. The maximum Gasteiger partial charge on any atom is 0.0697 e. The van der Waals surface area contributed by atoms with Crippen molar-refractivity contribution >= 4 is 11.8 Å². The van der Waals surface area contributed by atoms with Gasteiger partial charge in [0.05, 0.1) is 13.2 Å². The van der Waals surface area contributed by atoms with Crippen LogP contribution in [-0.2, 0) is 4.74 Å². The average Bonchev–Trinajstić information content (AvgIpc) is 2.43. The Balaban J connectivity index is 1.74. The van der Waals surface area contributed by atoms with Crippen LogP contribution in [-0.4, -0.2) is 37.2 Å². The second-order valence-corrected chi connectivity index (χ2v) is 5.51. The fourth-order valence-electron chi connectivity index (χ4n) is 2.17. The molecule has 0 bridgehead atoms. The normalized spacial score (nSPS) is 18.6. The molecule has 2 rings (SSSR count). The molecule has 1 aliphatic heterocycles. The minimum absolute atomic E-state index is 0.112. The number of hydrogen-bond acceptors (Lipinski definition) is 4. The van der Waals surface area contributed by atoms with Crippen molar-refractivity contribution in [1.29, 1.82) is 0 Å². The largest absolute Gasteiger partial charge is 0.394 e. The fraction of sp³-hybridized carbons (Fsp3) is 0.571. The van der Waals surface area contributed by atoms with E-state index in [9.17, 15) is 0 Å². The van der Waals surface area contributed by atoms with Crippen LogP contribution >= 0.6 is 11.8 Å². The zero-order valence-electron chi connectivity index (χ0n) is 10.6. The molecule has 1 atom stereocenters. The zero-order chi connectivity index (χ0) is 12.6. The smallest absolute Gasteiger partial charge is 0.0697 e. The van der Waals surface area contributed by atoms with Crippen molar-refractivity contribution in [3.05, 3.63) is 29.8 Å². The number of thioether (sulfide) groups is 1. The molecule has 100 valence electrons. The molecule has 0 saturated carbocycles. The van der Waals surface area contributed by atoms with Gasteiger partial charge in [-0.25, -0.2) is 0 Å². The highest BCUT2D eigenvalue weighted by Crippen LogP contribution is 2.35. The molecule has 0 spiro atoms. The summed E-state index contributed by atoms with van der Waals surface area (Å²) in [6, 6.07) is 9.14. The topological polar surface area (TPSA) is 41.5 Å². The van der Waals surface area contributed by atoms with E-state index in [1.807, 2.05) is 11.8 Å². The molecule has 1 unspecified atom stereocenters. The summed E-state index contributed by atoms with van der Waals surface area (Å²) in [5, 5.41) is 12.2. The Morgan fingerprint density at radius 1 is 1.33 bits per heavy atom. The first kappa shape index (κ1) is 13.9. The monoisotopic (exact) mass is 267 g/mol. The van der Waals surface area contributed by atoms with Gasteiger partial charge in [-0.15, -0.1) is 11.8 Å². The van der Waals surface area contributed by atoms with Crippen LogP contribution in [0.3, 0.4) is 0 Å². The summed E-state index contributed by atoms with van der Waals surface area (Å²) >= 11 is 1.95. The first-order valence-electron chi connectivity index (χ1n) is 6.55. The van der Waals surface area contributed by atoms with E-state index in [0.29, 0.717) is 12.6 Å². The van der Waals surface area contributed by atoms with Crippen LogP contribution in [0.2, 0.25) is 0 Å². The molecule has 1 aromatic rings. The molecule has 0 aliphatic carbocycles. The maximum absolute atomic E-state index is 8.59. The molecule has 0 radical (unpaired) electrons. The number of hydrogen-bond donors (Lipinski definition) is 2. The Kier molecular flexibility index (Phi) is 6.00. The number of fused-ring (bicyclic) bond motifs is 1. The third kappa shape index (κ3) is 3.99. The standard InChI is InChI=1S/C14H21NO2S/c16-8-10-17-9-3-7-15-13-6-11-18-14-5-2-1-4-12(13)14/h1-2,4-5,13,15-16H,3,6-11H2. The maximum atomic E-state index is 8.59. The van der Waals surface area contributed by atoms with Crippen LogP contribution in [0.4, 0.5) is 0 Å². The molecule has 1 aliphatic rings. The summed E-state index contributed by atoms with van der Waals surface area (Å²) in [5.41, 5.74) is 1.44. The Hall–Kier alpha value is -0.550. The minimum Gasteiger partial charge on any atom is -0.394 e. The fourth-order valence-corrected chi connectivity index (χ4v) is 3.30. The van der Waals surface area contributed by atoms with E-state index in [-0.39, 0.29) is 6.61 Å². The van der Waals surface area contributed by atoms with Crippen LogP contribution < -0.4 is 5.32 Å². The number of nitrogens with one attached hydrogen (secondary N) is 1. The van der Waals surface area contributed by atoms with E-state index in [1.54, 1.807) is 0 Å². The molecule has 2 N–H and O–H groups in total. The lowest BCUT2D eigenvalue weighted by molar-refractivity contribution is 0.0903. The second kappa shape index (κ2) is 7.79. The highest BCUT2D eigenvalue weighted by Gasteiger charge is 2.19. The molecule has 1 heterocycles. The summed E-state index contributed by atoms with van der Waals surface area (Å²) in [6.07, 6.45) is 2.19. The lowest BCUT2D eigenvalue weighted by Gasteiger charge is -2.26. The highest BCUT2D eigenvalue weighted by molar-refractivity contribution is 7.99. The molecule has 3 nitrogen and oxygen atoms in total. The minimum atomic E-state index is 0.112. The van der Waals surface area contributed by atoms with Crippen LogP contribution in [0.15, 0.2) is 29.2 Å². The molecule has 1 aromatic carbocycles. The molecule has 18 heavy (non-hydrogen) atoms. The third-order valence-corrected chi connectivity index (χ3v) is 4.17. The van der Waals surface area contributed by atoms with Crippen molar-refractivity contribution in [2.45, 2.75) is 23.8 Å². The van der Waals surface area contributed by atoms with Crippen molar-refractivity contribution in [3.8, 4) is 0 Å². The van der Waals surface area contributed by atoms with E-state index < -0.39 is 0 Å². The van der Waals surface area contributed by atoms with Gasteiger partial charge in [0.15, 0.2) is 0 Å². The molecule has 4 heteroatoms. The molecule has 0 saturated heterocycles. The lowest BCUT2D eigenvalue weighted by Crippen LogP contribution is -2.26. The van der Waals surface area contributed by atoms with Gasteiger partial charge in [0.2, 0.25) is 0 Å². The van der Waals surface area contributed by atoms with Gasteiger partial charge in [-0.1, -0.05) is 18.2 Å². The van der Waals surface area contributed by atoms with Crippen LogP contribution in [0.5, 0.6) is 0 Å². The van der Waals surface area contributed by atoms with E-state index in [4.69, 9.17) is 9.84 Å². The van der Waals surface area contributed by atoms with Gasteiger partial charge < -0.3 is 15.2 Å². The van der Waals surface area contributed by atoms with Gasteiger partial charge in [0.25, 0.3) is 0 Å². The number of benzene rings is 1. The first-order valence-corrected chi connectivity index (χ1v) is 7.54. The number of aliphatic hydroxyl groups excluding tert-OH is 1. The van der Waals surface area contributed by atoms with Gasteiger partial charge in [-0.2, -0.15) is 0 Å². The van der Waals surface area contributed by atoms with E-state index >= 15 is 0 Å². The van der Waals surface area contributed by atoms with Crippen LogP contribution in [0, 0.1) is 0 Å². The summed E-state index contributed by atoms with van der Waals surface area (Å²) in [6.45, 7) is 2.25. The van der Waals surface area contributed by atoms with Gasteiger partial charge >= 0.3 is 0 Å². The Morgan fingerprint density at radius 3 is 3.11 bits per heavy atom. The van der Waals surface area contributed by atoms with Crippen molar-refractivity contribution < 1.29 is 9.84 Å². The van der Waals surface area contributed by atoms with Crippen LogP contribution in [0.1, 0.15) is 24.4 Å². The summed E-state index contributed by atoms with van der Waals surface area (Å²) in [4.78, 5) is 1.41.